The predicted octanol–water partition coefficient (Wildman–Crippen LogP) is 4.86. The van der Waals surface area contributed by atoms with Gasteiger partial charge in [-0.25, -0.2) is 0 Å². The number of fused-ring (bicyclic) bond motifs is 1. The molecule has 112 valence electrons. The van der Waals surface area contributed by atoms with Crippen molar-refractivity contribution >= 4 is 10.9 Å². The number of hydrogen-bond donors (Lipinski definition) is 1. The minimum absolute atomic E-state index is 0.451. The Hall–Kier alpha value is -1.41. The summed E-state index contributed by atoms with van der Waals surface area (Å²) in [4.78, 5) is 4.66. The lowest BCUT2D eigenvalue weighted by atomic mass is 9.86. The molecule has 0 aliphatic heterocycles. The van der Waals surface area contributed by atoms with E-state index in [9.17, 15) is 0 Å². The smallest absolute Gasteiger partial charge is 0.0749 e. The average Bonchev–Trinajstić information content (AvgIpc) is 2.81. The second-order valence-electron chi connectivity index (χ2n) is 6.21. The highest BCUT2D eigenvalue weighted by atomic mass is 14.9. The first-order valence-corrected chi connectivity index (χ1v) is 8.47. The molecular formula is C19H26N2. The topological polar surface area (TPSA) is 24.9 Å². The van der Waals surface area contributed by atoms with E-state index in [2.05, 4.69) is 41.5 Å². The molecule has 2 heteroatoms. The standard InChI is InChI=1S/C19H26N2/c1-2-20-18(15-9-5-3-4-6-10-15)17-13-7-11-16-12-8-14-21-19(16)17/h7-8,11-15,18,20H,2-6,9-10H2,1H3. The summed E-state index contributed by atoms with van der Waals surface area (Å²) in [5.74, 6) is 0.750. The Bertz CT molecular complexity index is 565. The molecule has 1 saturated carbocycles. The lowest BCUT2D eigenvalue weighted by Crippen LogP contribution is -2.28. The van der Waals surface area contributed by atoms with Crippen molar-refractivity contribution in [3.63, 3.8) is 0 Å². The van der Waals surface area contributed by atoms with Crippen LogP contribution in [0.3, 0.4) is 0 Å². The molecule has 0 spiro atoms. The van der Waals surface area contributed by atoms with Crippen molar-refractivity contribution in [3.8, 4) is 0 Å². The number of rotatable bonds is 4. The van der Waals surface area contributed by atoms with Crippen LogP contribution in [-0.4, -0.2) is 11.5 Å². The molecule has 1 N–H and O–H groups in total. The number of pyridine rings is 1. The number of nitrogens with one attached hydrogen (secondary N) is 1. The molecule has 1 aromatic carbocycles. The van der Waals surface area contributed by atoms with E-state index in [0.717, 1.165) is 12.5 Å². The molecule has 1 fully saturated rings. The van der Waals surface area contributed by atoms with E-state index in [4.69, 9.17) is 0 Å². The maximum absolute atomic E-state index is 4.66. The van der Waals surface area contributed by atoms with Gasteiger partial charge in [0.25, 0.3) is 0 Å². The van der Waals surface area contributed by atoms with E-state index in [1.807, 2.05) is 12.3 Å². The van der Waals surface area contributed by atoms with Crippen LogP contribution in [0.15, 0.2) is 36.5 Å². The third-order valence-electron chi connectivity index (χ3n) is 4.79. The minimum atomic E-state index is 0.451. The van der Waals surface area contributed by atoms with Crippen LogP contribution in [0.2, 0.25) is 0 Å². The first-order chi connectivity index (χ1) is 10.4. The van der Waals surface area contributed by atoms with E-state index >= 15 is 0 Å². The highest BCUT2D eigenvalue weighted by Crippen LogP contribution is 2.35. The Morgan fingerprint density at radius 3 is 2.62 bits per heavy atom. The summed E-state index contributed by atoms with van der Waals surface area (Å²) in [5, 5.41) is 5.00. The highest BCUT2D eigenvalue weighted by Gasteiger charge is 2.25. The summed E-state index contributed by atoms with van der Waals surface area (Å²) >= 11 is 0. The first-order valence-electron chi connectivity index (χ1n) is 8.47. The number of aromatic nitrogens is 1. The van der Waals surface area contributed by atoms with Crippen molar-refractivity contribution < 1.29 is 0 Å². The van der Waals surface area contributed by atoms with Gasteiger partial charge in [-0.1, -0.05) is 56.9 Å². The van der Waals surface area contributed by atoms with Gasteiger partial charge in [0.1, 0.15) is 0 Å². The van der Waals surface area contributed by atoms with E-state index < -0.39 is 0 Å². The minimum Gasteiger partial charge on any atom is -0.310 e. The maximum Gasteiger partial charge on any atom is 0.0749 e. The summed E-state index contributed by atoms with van der Waals surface area (Å²) in [6, 6.07) is 11.3. The van der Waals surface area contributed by atoms with Crippen molar-refractivity contribution in [2.45, 2.75) is 51.5 Å². The first kappa shape index (κ1) is 14.5. The van der Waals surface area contributed by atoms with Crippen LogP contribution in [0.4, 0.5) is 0 Å². The second-order valence-corrected chi connectivity index (χ2v) is 6.21. The number of benzene rings is 1. The van der Waals surface area contributed by atoms with Gasteiger partial charge in [0, 0.05) is 17.6 Å². The fraction of sp³-hybridized carbons (Fsp3) is 0.526. The van der Waals surface area contributed by atoms with E-state index in [1.54, 1.807) is 0 Å². The van der Waals surface area contributed by atoms with Crippen LogP contribution >= 0.6 is 0 Å². The van der Waals surface area contributed by atoms with Gasteiger partial charge in [-0.15, -0.1) is 0 Å². The van der Waals surface area contributed by atoms with Crippen LogP contribution < -0.4 is 5.32 Å². The van der Waals surface area contributed by atoms with Crippen LogP contribution in [0, 0.1) is 5.92 Å². The Labute approximate surface area is 128 Å². The molecule has 1 aliphatic rings. The zero-order chi connectivity index (χ0) is 14.5. The van der Waals surface area contributed by atoms with Crippen molar-refractivity contribution in [2.75, 3.05) is 6.54 Å². The molecule has 1 unspecified atom stereocenters. The van der Waals surface area contributed by atoms with Crippen LogP contribution in [-0.2, 0) is 0 Å². The van der Waals surface area contributed by atoms with Crippen LogP contribution in [0.1, 0.15) is 57.1 Å². The Morgan fingerprint density at radius 1 is 1.10 bits per heavy atom. The summed E-state index contributed by atoms with van der Waals surface area (Å²) in [6.45, 7) is 3.23. The Balaban J connectivity index is 1.98. The van der Waals surface area contributed by atoms with Gasteiger partial charge in [0.2, 0.25) is 0 Å². The molecule has 1 heterocycles. The molecule has 0 amide bonds. The maximum atomic E-state index is 4.66. The van der Waals surface area contributed by atoms with Gasteiger partial charge < -0.3 is 5.32 Å². The van der Waals surface area contributed by atoms with Gasteiger partial charge in [0.15, 0.2) is 0 Å². The zero-order valence-corrected chi connectivity index (χ0v) is 13.0. The average molecular weight is 282 g/mol. The molecule has 3 rings (SSSR count). The predicted molar refractivity (Wildman–Crippen MR) is 89.4 cm³/mol. The molecule has 21 heavy (non-hydrogen) atoms. The monoisotopic (exact) mass is 282 g/mol. The Kier molecular flexibility index (Phi) is 4.87. The van der Waals surface area contributed by atoms with Crippen LogP contribution in [0.25, 0.3) is 10.9 Å². The van der Waals surface area contributed by atoms with Crippen molar-refractivity contribution in [1.82, 2.24) is 10.3 Å². The number of nitrogens with zero attached hydrogens (tertiary/aromatic N) is 1. The third kappa shape index (κ3) is 3.26. The highest BCUT2D eigenvalue weighted by molar-refractivity contribution is 5.82. The van der Waals surface area contributed by atoms with Gasteiger partial charge in [0.05, 0.1) is 5.52 Å². The van der Waals surface area contributed by atoms with E-state index in [-0.39, 0.29) is 0 Å². The van der Waals surface area contributed by atoms with Gasteiger partial charge in [-0.05, 0) is 36.9 Å². The van der Waals surface area contributed by atoms with Crippen molar-refractivity contribution in [1.29, 1.82) is 0 Å². The van der Waals surface area contributed by atoms with Gasteiger partial charge in [-0.3, -0.25) is 4.98 Å². The Morgan fingerprint density at radius 2 is 1.86 bits per heavy atom. The molecule has 1 aliphatic carbocycles. The second kappa shape index (κ2) is 7.04. The molecule has 2 nitrogen and oxygen atoms in total. The molecular weight excluding hydrogens is 256 g/mol. The van der Waals surface area contributed by atoms with E-state index in [0.29, 0.717) is 6.04 Å². The summed E-state index contributed by atoms with van der Waals surface area (Å²) in [7, 11) is 0. The lowest BCUT2D eigenvalue weighted by molar-refractivity contribution is 0.331. The van der Waals surface area contributed by atoms with Crippen LogP contribution in [0.5, 0.6) is 0 Å². The molecule has 1 aromatic heterocycles. The fourth-order valence-electron chi connectivity index (χ4n) is 3.77. The third-order valence-corrected chi connectivity index (χ3v) is 4.79. The lowest BCUT2D eigenvalue weighted by Gasteiger charge is -2.28. The normalized spacial score (nSPS) is 18.5. The van der Waals surface area contributed by atoms with Gasteiger partial charge >= 0.3 is 0 Å². The molecule has 2 aromatic rings. The summed E-state index contributed by atoms with van der Waals surface area (Å²) in [5.41, 5.74) is 2.57. The SMILES string of the molecule is CCNC(c1cccc2cccnc12)C1CCCCCC1. The van der Waals surface area contributed by atoms with Crippen molar-refractivity contribution in [3.05, 3.63) is 42.1 Å². The molecule has 0 radical (unpaired) electrons. The fourth-order valence-corrected chi connectivity index (χ4v) is 3.77. The summed E-state index contributed by atoms with van der Waals surface area (Å²) in [6.07, 6.45) is 10.2. The van der Waals surface area contributed by atoms with Crippen molar-refractivity contribution in [2.24, 2.45) is 5.92 Å². The largest absolute Gasteiger partial charge is 0.310 e. The number of hydrogen-bond acceptors (Lipinski definition) is 2. The zero-order valence-electron chi connectivity index (χ0n) is 13.0. The number of para-hydroxylation sites is 1. The molecule has 1 atom stereocenters. The molecule has 0 saturated heterocycles. The van der Waals surface area contributed by atoms with E-state index in [1.165, 1.54) is 55.0 Å². The molecule has 0 bridgehead atoms. The van der Waals surface area contributed by atoms with Gasteiger partial charge in [-0.2, -0.15) is 0 Å². The summed E-state index contributed by atoms with van der Waals surface area (Å²) < 4.78 is 0. The quantitative estimate of drug-likeness (QED) is 0.810.